The maximum atomic E-state index is 6.32. The van der Waals surface area contributed by atoms with Gasteiger partial charge in [0.05, 0.1) is 11.4 Å². The largest absolute Gasteiger partial charge is 0.384 e. The lowest BCUT2D eigenvalue weighted by Crippen LogP contribution is -2.34. The van der Waals surface area contributed by atoms with Crippen LogP contribution < -0.4 is 5.73 Å². The van der Waals surface area contributed by atoms with E-state index in [1.807, 2.05) is 37.3 Å². The molecule has 1 aromatic carbocycles. The zero-order chi connectivity index (χ0) is 17.4. The number of anilines is 1. The van der Waals surface area contributed by atoms with E-state index >= 15 is 0 Å². The van der Waals surface area contributed by atoms with E-state index < -0.39 is 0 Å². The van der Waals surface area contributed by atoms with Gasteiger partial charge in [0.2, 0.25) is 0 Å². The predicted molar refractivity (Wildman–Crippen MR) is 101 cm³/mol. The van der Waals surface area contributed by atoms with E-state index in [-0.39, 0.29) is 0 Å². The third-order valence-corrected chi connectivity index (χ3v) is 5.24. The summed E-state index contributed by atoms with van der Waals surface area (Å²) >= 11 is 6.32. The van der Waals surface area contributed by atoms with Crippen LogP contribution in [0.3, 0.4) is 0 Å². The summed E-state index contributed by atoms with van der Waals surface area (Å²) in [6.45, 7) is 4.89. The monoisotopic (exact) mass is 355 g/mol. The molecule has 1 aliphatic heterocycles. The zero-order valence-electron chi connectivity index (χ0n) is 14.3. The molecule has 0 amide bonds. The van der Waals surface area contributed by atoms with Crippen molar-refractivity contribution in [2.75, 3.05) is 18.8 Å². The summed E-state index contributed by atoms with van der Waals surface area (Å²) in [5, 5.41) is 5.22. The highest BCUT2D eigenvalue weighted by molar-refractivity contribution is 6.31. The van der Waals surface area contributed by atoms with E-state index in [2.05, 4.69) is 16.1 Å². The normalized spacial score (nSPS) is 18.7. The minimum Gasteiger partial charge on any atom is -0.384 e. The number of fused-ring (bicyclic) bond motifs is 1. The molecule has 2 aromatic heterocycles. The number of nitrogens with two attached hydrogens (primary N) is 1. The molecule has 2 N–H and O–H groups in total. The van der Waals surface area contributed by atoms with Crippen molar-refractivity contribution in [1.29, 1.82) is 0 Å². The highest BCUT2D eigenvalue weighted by Crippen LogP contribution is 2.29. The van der Waals surface area contributed by atoms with Crippen molar-refractivity contribution < 1.29 is 0 Å². The van der Waals surface area contributed by atoms with Crippen LogP contribution in [0.15, 0.2) is 36.4 Å². The van der Waals surface area contributed by atoms with Crippen molar-refractivity contribution in [3.8, 4) is 0 Å². The number of aromatic nitrogens is 3. The van der Waals surface area contributed by atoms with Crippen LogP contribution in [0.2, 0.25) is 5.02 Å². The number of likely N-dealkylation sites (tertiary alicyclic amines) is 1. The number of nitrogens with zero attached hydrogens (tertiary/aromatic N) is 4. The van der Waals surface area contributed by atoms with Gasteiger partial charge in [0, 0.05) is 36.2 Å². The summed E-state index contributed by atoms with van der Waals surface area (Å²) in [6.07, 6.45) is 2.29. The summed E-state index contributed by atoms with van der Waals surface area (Å²) in [5.74, 6) is 1.04. The molecule has 130 valence electrons. The van der Waals surface area contributed by atoms with Crippen LogP contribution in [0.1, 0.15) is 35.7 Å². The van der Waals surface area contributed by atoms with Gasteiger partial charge in [-0.05, 0) is 37.9 Å². The number of halogens is 1. The molecule has 1 aliphatic rings. The second kappa shape index (κ2) is 6.65. The van der Waals surface area contributed by atoms with E-state index in [0.717, 1.165) is 54.5 Å². The average Bonchev–Trinajstić information content (AvgIpc) is 2.98. The molecule has 5 nitrogen and oxygen atoms in total. The van der Waals surface area contributed by atoms with Gasteiger partial charge in [-0.15, -0.1) is 0 Å². The van der Waals surface area contributed by atoms with Gasteiger partial charge >= 0.3 is 0 Å². The lowest BCUT2D eigenvalue weighted by atomic mass is 9.94. The molecule has 0 radical (unpaired) electrons. The number of hydrogen-bond donors (Lipinski definition) is 1. The molecule has 3 heterocycles. The molecule has 25 heavy (non-hydrogen) atoms. The summed E-state index contributed by atoms with van der Waals surface area (Å²) in [4.78, 5) is 7.26. The van der Waals surface area contributed by atoms with Gasteiger partial charge in [0.25, 0.3) is 0 Å². The van der Waals surface area contributed by atoms with E-state index in [0.29, 0.717) is 11.7 Å². The topological polar surface area (TPSA) is 59.5 Å². The van der Waals surface area contributed by atoms with Crippen LogP contribution in [-0.4, -0.2) is 32.6 Å². The highest BCUT2D eigenvalue weighted by atomic mass is 35.5. The fourth-order valence-corrected chi connectivity index (χ4v) is 3.85. The Bertz CT molecular complexity index is 904. The first-order valence-electron chi connectivity index (χ1n) is 8.69. The molecule has 0 aliphatic carbocycles. The second-order valence-electron chi connectivity index (χ2n) is 6.83. The second-order valence-corrected chi connectivity index (χ2v) is 7.23. The third-order valence-electron chi connectivity index (χ3n) is 4.87. The lowest BCUT2D eigenvalue weighted by molar-refractivity contribution is 0.198. The molecule has 0 spiro atoms. The number of nitrogen functional groups attached to an aromatic ring is 1. The molecular formula is C19H22ClN5. The molecule has 1 saturated heterocycles. The van der Waals surface area contributed by atoms with E-state index in [1.54, 1.807) is 4.52 Å². The number of piperidine rings is 1. The van der Waals surface area contributed by atoms with Crippen molar-refractivity contribution in [3.05, 3.63) is 58.4 Å². The van der Waals surface area contributed by atoms with Crippen LogP contribution >= 0.6 is 11.6 Å². The molecule has 6 heteroatoms. The van der Waals surface area contributed by atoms with Gasteiger partial charge in [-0.2, -0.15) is 9.61 Å². The Balaban J connectivity index is 1.56. The molecule has 1 atom stereocenters. The van der Waals surface area contributed by atoms with Gasteiger partial charge < -0.3 is 5.73 Å². The summed E-state index contributed by atoms with van der Waals surface area (Å²) in [5.41, 5.74) is 10.2. The van der Waals surface area contributed by atoms with Gasteiger partial charge in [-0.25, -0.2) is 4.98 Å². The van der Waals surface area contributed by atoms with Gasteiger partial charge in [0.1, 0.15) is 5.82 Å². The average molecular weight is 356 g/mol. The van der Waals surface area contributed by atoms with Crippen molar-refractivity contribution in [3.63, 3.8) is 0 Å². The Morgan fingerprint density at radius 1 is 1.28 bits per heavy atom. The SMILES string of the molecule is Cc1cc2nc(C3CCCN(Cc4ccccc4Cl)C3)cc(N)n2n1. The number of hydrogen-bond acceptors (Lipinski definition) is 4. The van der Waals surface area contributed by atoms with Gasteiger partial charge in [0.15, 0.2) is 5.65 Å². The Morgan fingerprint density at radius 3 is 2.96 bits per heavy atom. The molecule has 1 unspecified atom stereocenters. The predicted octanol–water partition coefficient (Wildman–Crippen LogP) is 3.65. The van der Waals surface area contributed by atoms with Crippen LogP contribution in [0.5, 0.6) is 0 Å². The highest BCUT2D eigenvalue weighted by Gasteiger charge is 2.24. The Morgan fingerprint density at radius 2 is 2.12 bits per heavy atom. The van der Waals surface area contributed by atoms with E-state index in [9.17, 15) is 0 Å². The van der Waals surface area contributed by atoms with E-state index in [1.165, 1.54) is 5.56 Å². The molecule has 4 rings (SSSR count). The van der Waals surface area contributed by atoms with Crippen LogP contribution in [0.4, 0.5) is 5.82 Å². The van der Waals surface area contributed by atoms with Crippen LogP contribution in [0.25, 0.3) is 5.65 Å². The minimum absolute atomic E-state index is 0.388. The summed E-state index contributed by atoms with van der Waals surface area (Å²) in [7, 11) is 0. The summed E-state index contributed by atoms with van der Waals surface area (Å²) in [6, 6.07) is 12.0. The first-order chi connectivity index (χ1) is 12.1. The quantitative estimate of drug-likeness (QED) is 0.779. The first-order valence-corrected chi connectivity index (χ1v) is 9.06. The maximum absolute atomic E-state index is 6.32. The first kappa shape index (κ1) is 16.4. The molecular weight excluding hydrogens is 334 g/mol. The minimum atomic E-state index is 0.388. The fraction of sp³-hybridized carbons (Fsp3) is 0.368. The van der Waals surface area contributed by atoms with Gasteiger partial charge in [-0.3, -0.25) is 4.90 Å². The van der Waals surface area contributed by atoms with Gasteiger partial charge in [-0.1, -0.05) is 29.8 Å². The standard InChI is InChI=1S/C19H22ClN5/c1-13-9-19-22-17(10-18(21)25(19)23-13)15-6-4-8-24(12-15)11-14-5-2-3-7-16(14)20/h2-3,5,7,9-10,15H,4,6,8,11-12,21H2,1H3. The zero-order valence-corrected chi connectivity index (χ0v) is 15.1. The smallest absolute Gasteiger partial charge is 0.157 e. The van der Waals surface area contributed by atoms with Crippen LogP contribution in [-0.2, 0) is 6.54 Å². The van der Waals surface area contributed by atoms with Crippen molar-refractivity contribution in [2.45, 2.75) is 32.2 Å². The molecule has 0 saturated carbocycles. The molecule has 1 fully saturated rings. The fourth-order valence-electron chi connectivity index (χ4n) is 3.65. The lowest BCUT2D eigenvalue weighted by Gasteiger charge is -2.32. The number of rotatable bonds is 3. The molecule has 0 bridgehead atoms. The Labute approximate surface area is 152 Å². The Kier molecular flexibility index (Phi) is 4.36. The Hall–Kier alpha value is -2.11. The van der Waals surface area contributed by atoms with Crippen LogP contribution in [0, 0.1) is 6.92 Å². The van der Waals surface area contributed by atoms with Crippen molar-refractivity contribution in [2.24, 2.45) is 0 Å². The van der Waals surface area contributed by atoms with Crippen molar-refractivity contribution >= 4 is 23.1 Å². The van der Waals surface area contributed by atoms with Crippen molar-refractivity contribution in [1.82, 2.24) is 19.5 Å². The number of benzene rings is 1. The number of aryl methyl sites for hydroxylation is 1. The maximum Gasteiger partial charge on any atom is 0.157 e. The summed E-state index contributed by atoms with van der Waals surface area (Å²) < 4.78 is 1.71. The van der Waals surface area contributed by atoms with E-state index in [4.69, 9.17) is 22.3 Å². The molecule has 3 aromatic rings. The third kappa shape index (κ3) is 3.34.